The summed E-state index contributed by atoms with van der Waals surface area (Å²) in [5.74, 6) is 0. The number of hydrogen-bond acceptors (Lipinski definition) is 3. The van der Waals surface area contributed by atoms with Crippen LogP contribution in [-0.4, -0.2) is 27.7 Å². The first-order valence-corrected chi connectivity index (χ1v) is 7.83. The summed E-state index contributed by atoms with van der Waals surface area (Å²) in [6.07, 6.45) is 1.18. The third-order valence-corrected chi connectivity index (χ3v) is 6.17. The zero-order chi connectivity index (χ0) is 11.2. The van der Waals surface area contributed by atoms with Gasteiger partial charge in [-0.2, -0.15) is 0 Å². The Morgan fingerprint density at radius 2 is 1.71 bits per heavy atom. The molecule has 0 spiro atoms. The molecule has 14 heavy (non-hydrogen) atoms. The van der Waals surface area contributed by atoms with Gasteiger partial charge in [-0.3, -0.25) is 0 Å². The van der Waals surface area contributed by atoms with Crippen molar-refractivity contribution >= 4 is 8.56 Å². The summed E-state index contributed by atoms with van der Waals surface area (Å²) in [5.41, 5.74) is 0.173. The molecular formula is C10H27N3Si. The van der Waals surface area contributed by atoms with E-state index in [1.807, 2.05) is 0 Å². The van der Waals surface area contributed by atoms with Crippen LogP contribution in [0.2, 0.25) is 6.04 Å². The largest absolute Gasteiger partial charge is 0.316 e. The molecule has 0 aliphatic carbocycles. The van der Waals surface area contributed by atoms with Crippen molar-refractivity contribution in [2.45, 2.75) is 52.6 Å². The molecule has 0 rings (SSSR count). The fourth-order valence-corrected chi connectivity index (χ4v) is 4.69. The molecule has 0 aliphatic heterocycles. The van der Waals surface area contributed by atoms with Crippen molar-refractivity contribution in [3.05, 3.63) is 0 Å². The maximum atomic E-state index is 3.72. The van der Waals surface area contributed by atoms with Gasteiger partial charge in [0.2, 0.25) is 0 Å². The molecule has 0 radical (unpaired) electrons. The minimum absolute atomic E-state index is 0.173. The van der Waals surface area contributed by atoms with E-state index in [4.69, 9.17) is 0 Å². The van der Waals surface area contributed by atoms with Crippen LogP contribution in [0.4, 0.5) is 0 Å². The number of rotatable bonds is 6. The van der Waals surface area contributed by atoms with Crippen LogP contribution in [0.15, 0.2) is 0 Å². The van der Waals surface area contributed by atoms with Crippen LogP contribution < -0.4 is 14.9 Å². The molecule has 3 N–H and O–H groups in total. The lowest BCUT2D eigenvalue weighted by atomic mass is 10.1. The Bertz CT molecular complexity index is 150. The lowest BCUT2D eigenvalue weighted by molar-refractivity contribution is 0.494. The first-order valence-electron chi connectivity index (χ1n) is 5.62. The summed E-state index contributed by atoms with van der Waals surface area (Å²) < 4.78 is 0. The molecule has 0 saturated heterocycles. The third-order valence-electron chi connectivity index (χ3n) is 2.22. The van der Waals surface area contributed by atoms with Crippen molar-refractivity contribution in [2.24, 2.45) is 0 Å². The molecule has 0 heterocycles. The SMILES string of the molecule is CCCN[Si](CC)(NC)NC(C)(C)C. The van der Waals surface area contributed by atoms with E-state index in [9.17, 15) is 0 Å². The number of hydrogen-bond donors (Lipinski definition) is 3. The molecule has 3 nitrogen and oxygen atoms in total. The minimum atomic E-state index is -1.65. The van der Waals surface area contributed by atoms with Gasteiger partial charge in [-0.15, -0.1) is 0 Å². The molecule has 1 atom stereocenters. The summed E-state index contributed by atoms with van der Waals surface area (Å²) >= 11 is 0. The van der Waals surface area contributed by atoms with Crippen molar-refractivity contribution in [1.29, 1.82) is 0 Å². The van der Waals surface area contributed by atoms with E-state index in [1.54, 1.807) is 0 Å². The molecule has 0 aromatic rings. The highest BCUT2D eigenvalue weighted by Crippen LogP contribution is 2.06. The van der Waals surface area contributed by atoms with Crippen LogP contribution in [0.25, 0.3) is 0 Å². The Labute approximate surface area is 90.3 Å². The molecule has 0 aliphatic rings. The van der Waals surface area contributed by atoms with Crippen molar-refractivity contribution in [3.8, 4) is 0 Å². The highest BCUT2D eigenvalue weighted by molar-refractivity contribution is 6.72. The van der Waals surface area contributed by atoms with Crippen LogP contribution in [0.5, 0.6) is 0 Å². The molecule has 1 unspecified atom stereocenters. The van der Waals surface area contributed by atoms with Crippen molar-refractivity contribution in [1.82, 2.24) is 14.9 Å². The monoisotopic (exact) mass is 217 g/mol. The number of nitrogens with one attached hydrogen (secondary N) is 3. The second kappa shape index (κ2) is 5.85. The van der Waals surface area contributed by atoms with Gasteiger partial charge in [-0.25, -0.2) is 0 Å². The Kier molecular flexibility index (Phi) is 5.89. The highest BCUT2D eigenvalue weighted by Gasteiger charge is 2.33. The lowest BCUT2D eigenvalue weighted by Crippen LogP contribution is -2.74. The molecule has 0 fully saturated rings. The Hall–Kier alpha value is 0.0969. The third kappa shape index (κ3) is 5.10. The van der Waals surface area contributed by atoms with Gasteiger partial charge in [-0.1, -0.05) is 13.8 Å². The standard InChI is InChI=1S/C10H27N3Si/c1-7-9-12-14(8-2,11-6)13-10(3,4)5/h11-13H,7-9H2,1-6H3. The van der Waals surface area contributed by atoms with Gasteiger partial charge < -0.3 is 14.9 Å². The van der Waals surface area contributed by atoms with E-state index in [1.165, 1.54) is 6.42 Å². The fourth-order valence-electron chi connectivity index (χ4n) is 1.56. The van der Waals surface area contributed by atoms with E-state index in [0.29, 0.717) is 0 Å². The first-order chi connectivity index (χ1) is 6.39. The normalized spacial score (nSPS) is 16.7. The van der Waals surface area contributed by atoms with Crippen molar-refractivity contribution < 1.29 is 0 Å². The van der Waals surface area contributed by atoms with Gasteiger partial charge in [0.05, 0.1) is 0 Å². The van der Waals surface area contributed by atoms with Gasteiger partial charge >= 0.3 is 0 Å². The van der Waals surface area contributed by atoms with E-state index in [2.05, 4.69) is 56.6 Å². The van der Waals surface area contributed by atoms with Gasteiger partial charge in [-0.05, 0) is 46.8 Å². The second-order valence-corrected chi connectivity index (χ2v) is 8.43. The molecule has 0 bridgehead atoms. The zero-order valence-electron chi connectivity index (χ0n) is 10.6. The minimum Gasteiger partial charge on any atom is -0.316 e. The average Bonchev–Trinajstić information content (AvgIpc) is 2.10. The van der Waals surface area contributed by atoms with Crippen LogP contribution in [-0.2, 0) is 0 Å². The summed E-state index contributed by atoms with van der Waals surface area (Å²) in [6.45, 7) is 12.2. The predicted molar refractivity (Wildman–Crippen MR) is 66.5 cm³/mol. The van der Waals surface area contributed by atoms with E-state index >= 15 is 0 Å². The maximum Gasteiger partial charge on any atom is 0.281 e. The highest BCUT2D eigenvalue weighted by atomic mass is 28.4. The Balaban J connectivity index is 4.36. The quantitative estimate of drug-likeness (QED) is 0.591. The topological polar surface area (TPSA) is 36.1 Å². The van der Waals surface area contributed by atoms with Gasteiger partial charge in [0.15, 0.2) is 0 Å². The second-order valence-electron chi connectivity index (χ2n) is 4.81. The fraction of sp³-hybridized carbons (Fsp3) is 1.00. The maximum absolute atomic E-state index is 3.72. The van der Waals surface area contributed by atoms with Gasteiger partial charge in [0.1, 0.15) is 0 Å². The van der Waals surface area contributed by atoms with Crippen molar-refractivity contribution in [3.63, 3.8) is 0 Å². The molecule has 0 saturated carbocycles. The molecule has 86 valence electrons. The average molecular weight is 217 g/mol. The summed E-state index contributed by atoms with van der Waals surface area (Å²) in [5, 5.41) is 0. The molecule has 0 aromatic carbocycles. The smallest absolute Gasteiger partial charge is 0.281 e. The van der Waals surface area contributed by atoms with Crippen LogP contribution >= 0.6 is 0 Å². The molecule has 0 aromatic heterocycles. The van der Waals surface area contributed by atoms with Crippen LogP contribution in [0.1, 0.15) is 41.0 Å². The molecular weight excluding hydrogens is 190 g/mol. The molecule has 4 heteroatoms. The predicted octanol–water partition coefficient (Wildman–Crippen LogP) is 1.55. The van der Waals surface area contributed by atoms with E-state index in [-0.39, 0.29) is 5.54 Å². The Morgan fingerprint density at radius 3 is 2.00 bits per heavy atom. The lowest BCUT2D eigenvalue weighted by Gasteiger charge is -2.37. The first kappa shape index (κ1) is 14.1. The summed E-state index contributed by atoms with van der Waals surface area (Å²) in [4.78, 5) is 10.8. The zero-order valence-corrected chi connectivity index (χ0v) is 11.6. The van der Waals surface area contributed by atoms with Gasteiger partial charge in [0.25, 0.3) is 8.56 Å². The van der Waals surface area contributed by atoms with Crippen molar-refractivity contribution in [2.75, 3.05) is 13.6 Å². The molecule has 0 amide bonds. The van der Waals surface area contributed by atoms with Gasteiger partial charge in [0, 0.05) is 5.54 Å². The Morgan fingerprint density at radius 1 is 1.14 bits per heavy atom. The van der Waals surface area contributed by atoms with E-state index in [0.717, 1.165) is 12.6 Å². The van der Waals surface area contributed by atoms with E-state index < -0.39 is 8.56 Å². The summed E-state index contributed by atoms with van der Waals surface area (Å²) in [6, 6.07) is 1.15. The van der Waals surface area contributed by atoms with Crippen LogP contribution in [0, 0.1) is 0 Å². The van der Waals surface area contributed by atoms with Crippen LogP contribution in [0.3, 0.4) is 0 Å². The summed E-state index contributed by atoms with van der Waals surface area (Å²) in [7, 11) is 0.403.